The second-order valence-electron chi connectivity index (χ2n) is 8.35. The van der Waals surface area contributed by atoms with Gasteiger partial charge < -0.3 is 30.6 Å². The van der Waals surface area contributed by atoms with E-state index >= 15 is 0 Å². The Kier molecular flexibility index (Phi) is 14.8. The van der Waals surface area contributed by atoms with Crippen LogP contribution in [0.5, 0.6) is 17.2 Å². The van der Waals surface area contributed by atoms with Crippen molar-refractivity contribution in [3.05, 3.63) is 78.4 Å². The molecule has 9 nitrogen and oxygen atoms in total. The zero-order valence-electron chi connectivity index (χ0n) is 21.0. The maximum absolute atomic E-state index is 10.2. The van der Waals surface area contributed by atoms with Gasteiger partial charge in [-0.05, 0) is 72.5 Å². The molecule has 3 aromatic carbocycles. The lowest BCUT2D eigenvalue weighted by Gasteiger charge is -2.01. The topological polar surface area (TPSA) is 173 Å². The highest BCUT2D eigenvalue weighted by Gasteiger charge is 2.00. The molecule has 9 heteroatoms. The summed E-state index contributed by atoms with van der Waals surface area (Å²) in [7, 11) is 0. The average molecular weight is 527 g/mol. The SMILES string of the molecule is O=C(O)CCCCCCCCC(=O)O.O=C(O)c1ccc(O)cc1.Oc1ccc(-c2ccc(O)cc2)cc1. The number of carboxylic acid groups (broad SMARTS) is 3. The lowest BCUT2D eigenvalue weighted by molar-refractivity contribution is -0.138. The van der Waals surface area contributed by atoms with Crippen molar-refractivity contribution in [2.75, 3.05) is 0 Å². The fourth-order valence-corrected chi connectivity index (χ4v) is 3.17. The van der Waals surface area contributed by atoms with Gasteiger partial charge in [-0.2, -0.15) is 0 Å². The minimum absolute atomic E-state index is 0.0741. The number of rotatable bonds is 11. The van der Waals surface area contributed by atoms with Crippen molar-refractivity contribution in [2.24, 2.45) is 0 Å². The van der Waals surface area contributed by atoms with Gasteiger partial charge in [0.05, 0.1) is 5.56 Å². The Morgan fingerprint density at radius 3 is 1.03 bits per heavy atom. The van der Waals surface area contributed by atoms with E-state index in [1.54, 1.807) is 24.3 Å². The molecule has 0 atom stereocenters. The van der Waals surface area contributed by atoms with Crippen molar-refractivity contribution in [1.29, 1.82) is 0 Å². The van der Waals surface area contributed by atoms with E-state index in [4.69, 9.17) is 30.6 Å². The molecule has 0 heterocycles. The molecule has 38 heavy (non-hydrogen) atoms. The third kappa shape index (κ3) is 14.8. The Bertz CT molecular complexity index is 1040. The van der Waals surface area contributed by atoms with Crippen LogP contribution in [0.3, 0.4) is 0 Å². The number of carbonyl (C=O) groups is 3. The summed E-state index contributed by atoms with van der Waals surface area (Å²) in [6.07, 6.45) is 5.82. The summed E-state index contributed by atoms with van der Waals surface area (Å²) in [5.41, 5.74) is 2.21. The summed E-state index contributed by atoms with van der Waals surface area (Å²) in [6.45, 7) is 0. The van der Waals surface area contributed by atoms with E-state index in [0.29, 0.717) is 0 Å². The molecule has 0 saturated carbocycles. The zero-order valence-corrected chi connectivity index (χ0v) is 21.0. The molecular formula is C29H34O9. The van der Waals surface area contributed by atoms with Gasteiger partial charge in [0.25, 0.3) is 0 Å². The van der Waals surface area contributed by atoms with Gasteiger partial charge in [0.2, 0.25) is 0 Å². The predicted octanol–water partition coefficient (Wildman–Crippen LogP) is 6.13. The van der Waals surface area contributed by atoms with E-state index in [9.17, 15) is 14.4 Å². The first-order valence-corrected chi connectivity index (χ1v) is 12.1. The Morgan fingerprint density at radius 2 is 0.737 bits per heavy atom. The highest BCUT2D eigenvalue weighted by atomic mass is 16.4. The molecule has 204 valence electrons. The van der Waals surface area contributed by atoms with Crippen LogP contribution in [0.2, 0.25) is 0 Å². The number of aromatic hydroxyl groups is 3. The van der Waals surface area contributed by atoms with Gasteiger partial charge in [0.1, 0.15) is 17.2 Å². The quantitative estimate of drug-likeness (QED) is 0.161. The first kappa shape index (κ1) is 31.5. The van der Waals surface area contributed by atoms with Crippen molar-refractivity contribution in [3.8, 4) is 28.4 Å². The third-order valence-corrected chi connectivity index (χ3v) is 5.21. The zero-order chi connectivity index (χ0) is 28.3. The van der Waals surface area contributed by atoms with Crippen LogP contribution in [0, 0.1) is 0 Å². The number of hydrogen-bond donors (Lipinski definition) is 6. The molecule has 3 aromatic rings. The number of hydrogen-bond acceptors (Lipinski definition) is 6. The van der Waals surface area contributed by atoms with Crippen molar-refractivity contribution in [2.45, 2.75) is 51.4 Å². The molecule has 0 radical (unpaired) electrons. The number of phenolic OH excluding ortho intramolecular Hbond substituents is 3. The number of aromatic carboxylic acids is 1. The lowest BCUT2D eigenvalue weighted by atomic mass is 10.1. The van der Waals surface area contributed by atoms with E-state index in [2.05, 4.69) is 0 Å². The maximum Gasteiger partial charge on any atom is 0.335 e. The molecule has 0 aliphatic rings. The van der Waals surface area contributed by atoms with Crippen LogP contribution < -0.4 is 0 Å². The summed E-state index contributed by atoms with van der Waals surface area (Å²) in [6, 6.07) is 19.3. The van der Waals surface area contributed by atoms with E-state index in [1.807, 2.05) is 24.3 Å². The molecule has 0 aromatic heterocycles. The normalized spacial score (nSPS) is 9.79. The number of unbranched alkanes of at least 4 members (excludes halogenated alkanes) is 5. The van der Waals surface area contributed by atoms with Crippen LogP contribution in [0.4, 0.5) is 0 Å². The van der Waals surface area contributed by atoms with Gasteiger partial charge in [0.15, 0.2) is 0 Å². The minimum atomic E-state index is -0.986. The fraction of sp³-hybridized carbons (Fsp3) is 0.276. The van der Waals surface area contributed by atoms with Crippen LogP contribution in [0.1, 0.15) is 61.7 Å². The molecule has 0 bridgehead atoms. The average Bonchev–Trinajstić information content (AvgIpc) is 2.87. The Balaban J connectivity index is 0.000000290. The largest absolute Gasteiger partial charge is 0.508 e. The maximum atomic E-state index is 10.2. The summed E-state index contributed by atoms with van der Waals surface area (Å²) in [4.78, 5) is 30.5. The minimum Gasteiger partial charge on any atom is -0.508 e. The first-order chi connectivity index (χ1) is 18.1. The molecule has 0 unspecified atom stereocenters. The summed E-state index contributed by atoms with van der Waals surface area (Å²) in [5, 5.41) is 52.1. The smallest absolute Gasteiger partial charge is 0.335 e. The molecule has 0 spiro atoms. The van der Waals surface area contributed by atoms with Gasteiger partial charge in [0, 0.05) is 12.8 Å². The fourth-order valence-electron chi connectivity index (χ4n) is 3.17. The van der Waals surface area contributed by atoms with Crippen LogP contribution in [0.15, 0.2) is 72.8 Å². The number of aliphatic carboxylic acids is 2. The van der Waals surface area contributed by atoms with E-state index < -0.39 is 17.9 Å². The molecule has 0 saturated heterocycles. The summed E-state index contributed by atoms with van der Waals surface area (Å²) < 4.78 is 0. The van der Waals surface area contributed by atoms with E-state index in [1.165, 1.54) is 24.3 Å². The predicted molar refractivity (Wildman–Crippen MR) is 142 cm³/mol. The molecule has 0 amide bonds. The molecule has 0 aliphatic heterocycles. The number of benzene rings is 3. The van der Waals surface area contributed by atoms with Crippen LogP contribution >= 0.6 is 0 Å². The molecule has 6 N–H and O–H groups in total. The Hall–Kier alpha value is -4.53. The van der Waals surface area contributed by atoms with E-state index in [0.717, 1.165) is 49.7 Å². The first-order valence-electron chi connectivity index (χ1n) is 12.1. The summed E-state index contributed by atoms with van der Waals surface area (Å²) >= 11 is 0. The monoisotopic (exact) mass is 526 g/mol. The van der Waals surface area contributed by atoms with Gasteiger partial charge in [-0.25, -0.2) is 4.79 Å². The third-order valence-electron chi connectivity index (χ3n) is 5.21. The van der Waals surface area contributed by atoms with Gasteiger partial charge >= 0.3 is 17.9 Å². The number of carboxylic acids is 3. The lowest BCUT2D eigenvalue weighted by Crippen LogP contribution is -1.94. The second kappa shape index (κ2) is 17.8. The van der Waals surface area contributed by atoms with E-state index in [-0.39, 0.29) is 35.7 Å². The molecular weight excluding hydrogens is 492 g/mol. The number of phenols is 3. The molecule has 3 rings (SSSR count). The molecule has 0 aliphatic carbocycles. The van der Waals surface area contributed by atoms with Crippen LogP contribution in [-0.2, 0) is 9.59 Å². The standard InChI is InChI=1S/C12H10O2.C10H18O4.C7H6O3/c13-11-5-1-9(2-6-11)10-3-7-12(14)8-4-10;11-9(12)7-5-3-1-2-4-6-8-10(13)14;8-6-3-1-5(2-4-6)7(9)10/h1-8,13-14H;1-8H2,(H,11,12)(H,13,14);1-4,8H,(H,9,10). The second-order valence-corrected chi connectivity index (χ2v) is 8.35. The summed E-state index contributed by atoms with van der Waals surface area (Å²) in [5.74, 6) is -1.88. The molecule has 0 fully saturated rings. The Morgan fingerprint density at radius 1 is 0.447 bits per heavy atom. The van der Waals surface area contributed by atoms with Gasteiger partial charge in [-0.3, -0.25) is 9.59 Å². The van der Waals surface area contributed by atoms with Crippen molar-refractivity contribution in [3.63, 3.8) is 0 Å². The highest BCUT2D eigenvalue weighted by molar-refractivity contribution is 5.87. The van der Waals surface area contributed by atoms with Gasteiger partial charge in [-0.15, -0.1) is 0 Å². The van der Waals surface area contributed by atoms with Crippen molar-refractivity contribution in [1.82, 2.24) is 0 Å². The van der Waals surface area contributed by atoms with Crippen molar-refractivity contribution >= 4 is 17.9 Å². The van der Waals surface area contributed by atoms with Crippen LogP contribution in [0.25, 0.3) is 11.1 Å². The highest BCUT2D eigenvalue weighted by Crippen LogP contribution is 2.23. The van der Waals surface area contributed by atoms with Gasteiger partial charge in [-0.1, -0.05) is 49.9 Å². The van der Waals surface area contributed by atoms with Crippen LogP contribution in [-0.4, -0.2) is 48.5 Å². The Labute approximate surface area is 221 Å². The van der Waals surface area contributed by atoms with Crippen molar-refractivity contribution < 1.29 is 45.0 Å².